The smallest absolute Gasteiger partial charge is 0.214 e. The van der Waals surface area contributed by atoms with Crippen LogP contribution in [-0.2, 0) is 0 Å². The lowest BCUT2D eigenvalue weighted by atomic mass is 10.1. The van der Waals surface area contributed by atoms with E-state index in [4.69, 9.17) is 0 Å². The second-order valence-corrected chi connectivity index (χ2v) is 6.30. The number of aromatic nitrogens is 4. The molecule has 1 aromatic carbocycles. The highest BCUT2D eigenvalue weighted by atomic mass is 32.2. The fraction of sp³-hybridized carbons (Fsp3) is 0.429. The Balaban J connectivity index is 1.71. The molecule has 1 unspecified atom stereocenters. The SMILES string of the molecule is CC(C#N)(CSc1nnnn1-c1ccccc1)NC1CC1. The lowest BCUT2D eigenvalue weighted by Gasteiger charge is -2.22. The molecule has 1 N–H and O–H groups in total. The monoisotopic (exact) mass is 300 g/mol. The quantitative estimate of drug-likeness (QED) is 0.819. The Labute approximate surface area is 127 Å². The molecule has 0 radical (unpaired) electrons. The van der Waals surface area contributed by atoms with Crippen LogP contribution in [-0.4, -0.2) is 37.5 Å². The predicted molar refractivity (Wildman–Crippen MR) is 80.1 cm³/mol. The van der Waals surface area contributed by atoms with Crippen LogP contribution in [0, 0.1) is 11.3 Å². The average molecular weight is 300 g/mol. The third kappa shape index (κ3) is 3.40. The van der Waals surface area contributed by atoms with Crippen LogP contribution in [0.3, 0.4) is 0 Å². The van der Waals surface area contributed by atoms with Crippen molar-refractivity contribution in [2.75, 3.05) is 5.75 Å². The van der Waals surface area contributed by atoms with E-state index in [1.165, 1.54) is 11.8 Å². The summed E-state index contributed by atoms with van der Waals surface area (Å²) < 4.78 is 1.69. The van der Waals surface area contributed by atoms with Gasteiger partial charge in [0.25, 0.3) is 0 Å². The summed E-state index contributed by atoms with van der Waals surface area (Å²) in [4.78, 5) is 0. The van der Waals surface area contributed by atoms with Crippen molar-refractivity contribution in [2.45, 2.75) is 36.5 Å². The summed E-state index contributed by atoms with van der Waals surface area (Å²) in [6.07, 6.45) is 2.31. The Hall–Kier alpha value is -1.91. The van der Waals surface area contributed by atoms with Crippen LogP contribution >= 0.6 is 11.8 Å². The maximum Gasteiger partial charge on any atom is 0.214 e. The average Bonchev–Trinajstić information content (AvgIpc) is 3.19. The van der Waals surface area contributed by atoms with Crippen LogP contribution < -0.4 is 5.32 Å². The first kappa shape index (κ1) is 14.0. The fourth-order valence-electron chi connectivity index (χ4n) is 1.99. The molecule has 1 aliphatic carbocycles. The topological polar surface area (TPSA) is 79.4 Å². The standard InChI is InChI=1S/C14H16N6S/c1-14(9-15,16-11-7-8-11)10-21-13-17-18-19-20(13)12-5-3-2-4-6-12/h2-6,11,16H,7-8,10H2,1H3. The number of nitrogens with one attached hydrogen (secondary N) is 1. The lowest BCUT2D eigenvalue weighted by molar-refractivity contribution is 0.490. The first-order valence-electron chi connectivity index (χ1n) is 6.86. The van der Waals surface area contributed by atoms with Crippen LogP contribution in [0.1, 0.15) is 19.8 Å². The van der Waals surface area contributed by atoms with Gasteiger partial charge in [0.1, 0.15) is 5.54 Å². The van der Waals surface area contributed by atoms with Crippen molar-refractivity contribution in [3.8, 4) is 11.8 Å². The summed E-state index contributed by atoms with van der Waals surface area (Å²) in [7, 11) is 0. The number of thioether (sulfide) groups is 1. The number of tetrazole rings is 1. The van der Waals surface area contributed by atoms with E-state index < -0.39 is 5.54 Å². The van der Waals surface area contributed by atoms with Crippen molar-refractivity contribution in [3.05, 3.63) is 30.3 Å². The molecule has 0 amide bonds. The van der Waals surface area contributed by atoms with Crippen molar-refractivity contribution < 1.29 is 0 Å². The molecule has 7 heteroatoms. The van der Waals surface area contributed by atoms with Gasteiger partial charge >= 0.3 is 0 Å². The molecule has 0 spiro atoms. The molecule has 0 aliphatic heterocycles. The van der Waals surface area contributed by atoms with E-state index in [9.17, 15) is 5.26 Å². The third-order valence-corrected chi connectivity index (χ3v) is 4.51. The number of nitriles is 1. The van der Waals surface area contributed by atoms with Gasteiger partial charge in [0, 0.05) is 11.8 Å². The van der Waals surface area contributed by atoms with Crippen LogP contribution in [0.2, 0.25) is 0 Å². The zero-order valence-corrected chi connectivity index (χ0v) is 12.5. The molecule has 3 rings (SSSR count). The number of hydrogen-bond donors (Lipinski definition) is 1. The molecule has 1 aromatic heterocycles. The van der Waals surface area contributed by atoms with Gasteiger partial charge in [-0.15, -0.1) is 5.10 Å². The second-order valence-electron chi connectivity index (χ2n) is 5.36. The minimum Gasteiger partial charge on any atom is -0.296 e. The Morgan fingerprint density at radius 3 is 2.86 bits per heavy atom. The van der Waals surface area contributed by atoms with Crippen LogP contribution in [0.5, 0.6) is 0 Å². The fourth-order valence-corrected chi connectivity index (χ4v) is 2.92. The molecular weight excluding hydrogens is 284 g/mol. The van der Waals surface area contributed by atoms with E-state index in [1.54, 1.807) is 4.68 Å². The maximum absolute atomic E-state index is 9.39. The molecule has 2 aromatic rings. The summed E-state index contributed by atoms with van der Waals surface area (Å²) in [5.41, 5.74) is 0.359. The molecular formula is C14H16N6S. The van der Waals surface area contributed by atoms with Gasteiger partial charge in [0.15, 0.2) is 0 Å². The molecule has 0 saturated heterocycles. The van der Waals surface area contributed by atoms with Crippen molar-refractivity contribution >= 4 is 11.8 Å². The molecule has 21 heavy (non-hydrogen) atoms. The summed E-state index contributed by atoms with van der Waals surface area (Å²) in [5.74, 6) is 0.604. The Bertz CT molecular complexity index is 645. The van der Waals surface area contributed by atoms with Gasteiger partial charge in [-0.05, 0) is 42.3 Å². The predicted octanol–water partition coefficient (Wildman–Crippen LogP) is 1.79. The number of rotatable bonds is 6. The molecule has 0 bridgehead atoms. The van der Waals surface area contributed by atoms with Gasteiger partial charge in [-0.1, -0.05) is 30.0 Å². The van der Waals surface area contributed by atoms with E-state index in [0.29, 0.717) is 17.0 Å². The zero-order valence-electron chi connectivity index (χ0n) is 11.7. The van der Waals surface area contributed by atoms with Gasteiger partial charge in [-0.3, -0.25) is 5.32 Å². The van der Waals surface area contributed by atoms with Gasteiger partial charge in [0.2, 0.25) is 5.16 Å². The minimum atomic E-state index is -0.556. The van der Waals surface area contributed by atoms with Crippen molar-refractivity contribution in [1.29, 1.82) is 5.26 Å². The van der Waals surface area contributed by atoms with E-state index in [2.05, 4.69) is 26.9 Å². The normalized spacial score (nSPS) is 17.1. The largest absolute Gasteiger partial charge is 0.296 e. The Morgan fingerprint density at radius 1 is 1.43 bits per heavy atom. The third-order valence-electron chi connectivity index (χ3n) is 3.28. The molecule has 1 atom stereocenters. The second kappa shape index (κ2) is 5.84. The van der Waals surface area contributed by atoms with Crippen LogP contribution in [0.25, 0.3) is 5.69 Å². The van der Waals surface area contributed by atoms with E-state index >= 15 is 0 Å². The number of nitrogens with zero attached hydrogens (tertiary/aromatic N) is 5. The first-order chi connectivity index (χ1) is 10.2. The zero-order chi connectivity index (χ0) is 14.7. The molecule has 1 aliphatic rings. The molecule has 1 heterocycles. The highest BCUT2D eigenvalue weighted by Gasteiger charge is 2.33. The van der Waals surface area contributed by atoms with Gasteiger partial charge in [-0.2, -0.15) is 9.94 Å². The van der Waals surface area contributed by atoms with E-state index in [-0.39, 0.29) is 0 Å². The highest BCUT2D eigenvalue weighted by Crippen LogP contribution is 2.26. The first-order valence-corrected chi connectivity index (χ1v) is 7.84. The summed E-state index contributed by atoms with van der Waals surface area (Å²) in [5, 5.41) is 25.3. The van der Waals surface area contributed by atoms with E-state index in [1.807, 2.05) is 37.3 Å². The maximum atomic E-state index is 9.39. The van der Waals surface area contributed by atoms with Crippen molar-refractivity contribution in [2.24, 2.45) is 0 Å². The summed E-state index contributed by atoms with van der Waals surface area (Å²) >= 11 is 1.49. The number of para-hydroxylation sites is 1. The highest BCUT2D eigenvalue weighted by molar-refractivity contribution is 7.99. The van der Waals surface area contributed by atoms with Crippen LogP contribution in [0.4, 0.5) is 0 Å². The minimum absolute atomic E-state index is 0.486. The Kier molecular flexibility index (Phi) is 3.90. The lowest BCUT2D eigenvalue weighted by Crippen LogP contribution is -2.44. The van der Waals surface area contributed by atoms with Crippen molar-refractivity contribution in [1.82, 2.24) is 25.5 Å². The van der Waals surface area contributed by atoms with Crippen molar-refractivity contribution in [3.63, 3.8) is 0 Å². The summed E-state index contributed by atoms with van der Waals surface area (Å²) in [6, 6.07) is 12.6. The molecule has 1 fully saturated rings. The van der Waals surface area contributed by atoms with Gasteiger partial charge in [0.05, 0.1) is 11.8 Å². The molecule has 1 saturated carbocycles. The molecule has 108 valence electrons. The Morgan fingerprint density at radius 2 is 2.19 bits per heavy atom. The summed E-state index contributed by atoms with van der Waals surface area (Å²) in [6.45, 7) is 1.93. The van der Waals surface area contributed by atoms with Gasteiger partial charge in [-0.25, -0.2) is 0 Å². The van der Waals surface area contributed by atoms with Crippen LogP contribution in [0.15, 0.2) is 35.5 Å². The number of hydrogen-bond acceptors (Lipinski definition) is 6. The number of benzene rings is 1. The molecule has 6 nitrogen and oxygen atoms in total. The van der Waals surface area contributed by atoms with E-state index in [0.717, 1.165) is 18.5 Å². The van der Waals surface area contributed by atoms with Gasteiger partial charge < -0.3 is 0 Å².